The average Bonchev–Trinajstić information content (AvgIpc) is 2.62. The molecule has 0 saturated carbocycles. The first kappa shape index (κ1) is 11.9. The standard InChI is InChI=1S/C16H14FNO/c1-11-5-4-6-12(9-11)10-16(17)13-7-2-3-8-14(13)18-15(16)19/h2-9H,10H2,1H3,(H,18,19)/t16-/m0/s1. The Hall–Kier alpha value is -2.16. The first-order valence-corrected chi connectivity index (χ1v) is 6.25. The number of hydrogen-bond acceptors (Lipinski definition) is 1. The molecule has 0 unspecified atom stereocenters. The Bertz CT molecular complexity index is 653. The second kappa shape index (κ2) is 4.19. The minimum Gasteiger partial charge on any atom is -0.323 e. The molecule has 2 aromatic rings. The largest absolute Gasteiger partial charge is 0.323 e. The topological polar surface area (TPSA) is 29.1 Å². The number of amides is 1. The average molecular weight is 255 g/mol. The van der Waals surface area contributed by atoms with Crippen molar-refractivity contribution >= 4 is 11.6 Å². The molecule has 2 aromatic carbocycles. The molecule has 1 aliphatic rings. The summed E-state index contributed by atoms with van der Waals surface area (Å²) >= 11 is 0. The van der Waals surface area contributed by atoms with Crippen molar-refractivity contribution in [2.24, 2.45) is 0 Å². The van der Waals surface area contributed by atoms with Crippen LogP contribution in [0.3, 0.4) is 0 Å². The van der Waals surface area contributed by atoms with E-state index in [4.69, 9.17) is 0 Å². The van der Waals surface area contributed by atoms with E-state index in [1.54, 1.807) is 24.3 Å². The van der Waals surface area contributed by atoms with Crippen LogP contribution < -0.4 is 5.32 Å². The van der Waals surface area contributed by atoms with E-state index in [-0.39, 0.29) is 6.42 Å². The van der Waals surface area contributed by atoms with Gasteiger partial charge in [-0.1, -0.05) is 48.0 Å². The number of fused-ring (bicyclic) bond motifs is 1. The molecule has 96 valence electrons. The zero-order chi connectivity index (χ0) is 13.5. The second-order valence-corrected chi connectivity index (χ2v) is 4.97. The van der Waals surface area contributed by atoms with Gasteiger partial charge in [-0.3, -0.25) is 4.79 Å². The molecule has 1 atom stereocenters. The minimum atomic E-state index is -1.97. The summed E-state index contributed by atoms with van der Waals surface area (Å²) in [4.78, 5) is 12.0. The molecule has 0 aromatic heterocycles. The number of hydrogen-bond donors (Lipinski definition) is 1. The maximum absolute atomic E-state index is 15.1. The SMILES string of the molecule is Cc1cccc(C[C@@]2(F)C(=O)Nc3ccccc32)c1. The number of carbonyl (C=O) groups excluding carboxylic acids is 1. The van der Waals surface area contributed by atoms with Crippen molar-refractivity contribution < 1.29 is 9.18 Å². The molecule has 3 rings (SSSR count). The third-order valence-corrected chi connectivity index (χ3v) is 3.49. The van der Waals surface area contributed by atoms with E-state index in [0.29, 0.717) is 11.3 Å². The number of alkyl halides is 1. The maximum atomic E-state index is 15.1. The third-order valence-electron chi connectivity index (χ3n) is 3.49. The van der Waals surface area contributed by atoms with E-state index < -0.39 is 11.6 Å². The Morgan fingerprint density at radius 2 is 1.95 bits per heavy atom. The summed E-state index contributed by atoms with van der Waals surface area (Å²) in [6.07, 6.45) is 0.0670. The molecule has 1 amide bonds. The van der Waals surface area contributed by atoms with Gasteiger partial charge in [-0.05, 0) is 18.6 Å². The van der Waals surface area contributed by atoms with E-state index >= 15 is 4.39 Å². The molecule has 19 heavy (non-hydrogen) atoms. The highest BCUT2D eigenvalue weighted by Gasteiger charge is 2.47. The lowest BCUT2D eigenvalue weighted by molar-refractivity contribution is -0.126. The number of benzene rings is 2. The van der Waals surface area contributed by atoms with Crippen molar-refractivity contribution in [3.05, 3.63) is 65.2 Å². The van der Waals surface area contributed by atoms with Gasteiger partial charge >= 0.3 is 0 Å². The van der Waals surface area contributed by atoms with Gasteiger partial charge in [0.1, 0.15) is 0 Å². The predicted molar refractivity (Wildman–Crippen MR) is 72.7 cm³/mol. The summed E-state index contributed by atoms with van der Waals surface area (Å²) in [6.45, 7) is 1.96. The highest BCUT2D eigenvalue weighted by atomic mass is 19.1. The van der Waals surface area contributed by atoms with Crippen LogP contribution in [0.15, 0.2) is 48.5 Å². The molecule has 1 aliphatic heterocycles. The van der Waals surface area contributed by atoms with Crippen LogP contribution in [0.5, 0.6) is 0 Å². The highest BCUT2D eigenvalue weighted by molar-refractivity contribution is 6.05. The van der Waals surface area contributed by atoms with Crippen molar-refractivity contribution in [3.63, 3.8) is 0 Å². The summed E-state index contributed by atoms with van der Waals surface area (Å²) in [5, 5.41) is 2.61. The summed E-state index contributed by atoms with van der Waals surface area (Å²) in [7, 11) is 0. The molecule has 0 bridgehead atoms. The second-order valence-electron chi connectivity index (χ2n) is 4.97. The molecule has 1 N–H and O–H groups in total. The van der Waals surface area contributed by atoms with Crippen LogP contribution in [0, 0.1) is 6.92 Å². The zero-order valence-electron chi connectivity index (χ0n) is 10.6. The first-order chi connectivity index (χ1) is 9.09. The number of halogens is 1. The van der Waals surface area contributed by atoms with Crippen molar-refractivity contribution in [2.45, 2.75) is 19.0 Å². The van der Waals surface area contributed by atoms with E-state index in [1.807, 2.05) is 31.2 Å². The fraction of sp³-hybridized carbons (Fsp3) is 0.188. The Kier molecular flexibility index (Phi) is 2.63. The normalized spacial score (nSPS) is 21.1. The molecule has 1 heterocycles. The molecule has 0 spiro atoms. The molecule has 0 radical (unpaired) electrons. The fourth-order valence-electron chi connectivity index (χ4n) is 2.56. The quantitative estimate of drug-likeness (QED) is 0.876. The Morgan fingerprint density at radius 3 is 2.74 bits per heavy atom. The van der Waals surface area contributed by atoms with Gasteiger partial charge in [0.05, 0.1) is 0 Å². The van der Waals surface area contributed by atoms with Crippen molar-refractivity contribution in [2.75, 3.05) is 5.32 Å². The Labute approximate surface area is 111 Å². The predicted octanol–water partition coefficient (Wildman–Crippen LogP) is 3.35. The lowest BCUT2D eigenvalue weighted by Crippen LogP contribution is -2.31. The van der Waals surface area contributed by atoms with Gasteiger partial charge in [0.15, 0.2) is 0 Å². The van der Waals surface area contributed by atoms with Gasteiger partial charge in [0, 0.05) is 17.7 Å². The van der Waals surface area contributed by atoms with Crippen LogP contribution >= 0.6 is 0 Å². The lowest BCUT2D eigenvalue weighted by Gasteiger charge is -2.18. The molecule has 2 nitrogen and oxygen atoms in total. The van der Waals surface area contributed by atoms with Gasteiger partial charge in [-0.2, -0.15) is 0 Å². The van der Waals surface area contributed by atoms with Gasteiger partial charge in [0.2, 0.25) is 5.67 Å². The fourth-order valence-corrected chi connectivity index (χ4v) is 2.56. The number of carbonyl (C=O) groups is 1. The maximum Gasteiger partial charge on any atom is 0.267 e. The summed E-state index contributed by atoms with van der Waals surface area (Å²) in [5.74, 6) is -0.574. The summed E-state index contributed by atoms with van der Waals surface area (Å²) in [5.41, 5.74) is 0.927. The monoisotopic (exact) mass is 255 g/mol. The van der Waals surface area contributed by atoms with Crippen LogP contribution in [0.4, 0.5) is 10.1 Å². The van der Waals surface area contributed by atoms with Crippen LogP contribution in [0.25, 0.3) is 0 Å². The van der Waals surface area contributed by atoms with Gasteiger partial charge in [0.25, 0.3) is 5.91 Å². The number of para-hydroxylation sites is 1. The molecule has 0 fully saturated rings. The van der Waals surface area contributed by atoms with E-state index in [0.717, 1.165) is 11.1 Å². The van der Waals surface area contributed by atoms with Gasteiger partial charge in [-0.25, -0.2) is 4.39 Å². The number of anilines is 1. The van der Waals surface area contributed by atoms with Crippen LogP contribution in [0.1, 0.15) is 16.7 Å². The third kappa shape index (κ3) is 1.91. The molecular formula is C16H14FNO. The molecule has 0 saturated heterocycles. The molecular weight excluding hydrogens is 241 g/mol. The number of rotatable bonds is 2. The molecule has 3 heteroatoms. The summed E-state index contributed by atoms with van der Waals surface area (Å²) < 4.78 is 15.1. The Balaban J connectivity index is 2.01. The lowest BCUT2D eigenvalue weighted by atomic mass is 9.89. The van der Waals surface area contributed by atoms with E-state index in [2.05, 4.69) is 5.32 Å². The number of aryl methyl sites for hydroxylation is 1. The Morgan fingerprint density at radius 1 is 1.16 bits per heavy atom. The van der Waals surface area contributed by atoms with E-state index in [9.17, 15) is 4.79 Å². The minimum absolute atomic E-state index is 0.0670. The van der Waals surface area contributed by atoms with Crippen LogP contribution in [0.2, 0.25) is 0 Å². The van der Waals surface area contributed by atoms with Crippen LogP contribution in [-0.2, 0) is 16.9 Å². The zero-order valence-corrected chi connectivity index (χ0v) is 10.6. The van der Waals surface area contributed by atoms with Gasteiger partial charge < -0.3 is 5.32 Å². The van der Waals surface area contributed by atoms with Crippen LogP contribution in [-0.4, -0.2) is 5.91 Å². The highest BCUT2D eigenvalue weighted by Crippen LogP contribution is 2.41. The van der Waals surface area contributed by atoms with Crippen molar-refractivity contribution in [1.29, 1.82) is 0 Å². The number of nitrogens with one attached hydrogen (secondary N) is 1. The smallest absolute Gasteiger partial charge is 0.267 e. The van der Waals surface area contributed by atoms with Crippen molar-refractivity contribution in [3.8, 4) is 0 Å². The summed E-state index contributed by atoms with van der Waals surface area (Å²) in [6, 6.07) is 14.5. The molecule has 0 aliphatic carbocycles. The van der Waals surface area contributed by atoms with E-state index in [1.165, 1.54) is 0 Å². The van der Waals surface area contributed by atoms with Crippen molar-refractivity contribution in [1.82, 2.24) is 0 Å². The first-order valence-electron chi connectivity index (χ1n) is 6.25. The van der Waals surface area contributed by atoms with Gasteiger partial charge in [-0.15, -0.1) is 0 Å².